The Morgan fingerprint density at radius 3 is 1.75 bits per heavy atom. The van der Waals surface area contributed by atoms with Gasteiger partial charge in [0.05, 0.1) is 0 Å². The zero-order valence-corrected chi connectivity index (χ0v) is 8.52. The Bertz CT molecular complexity index is 150. The molecule has 0 aromatic carbocycles. The van der Waals surface area contributed by atoms with Gasteiger partial charge in [0.25, 0.3) is 0 Å². The lowest BCUT2D eigenvalue weighted by Crippen LogP contribution is -2.63. The van der Waals surface area contributed by atoms with Crippen LogP contribution in [-0.2, 0) is 0 Å². The van der Waals surface area contributed by atoms with E-state index in [9.17, 15) is 0 Å². The Morgan fingerprint density at radius 1 is 1.08 bits per heavy atom. The van der Waals surface area contributed by atoms with Gasteiger partial charge in [-0.2, -0.15) is 0 Å². The zero-order chi connectivity index (χ0) is 9.41. The largest absolute Gasteiger partial charge is 0.302 e. The Balaban J connectivity index is 2.81. The second-order valence-corrected chi connectivity index (χ2v) is 4.91. The number of nitrogens with one attached hydrogen (secondary N) is 1. The average Bonchev–Trinajstić information content (AvgIpc) is 1.83. The molecular formula is C9H20N2O. The van der Waals surface area contributed by atoms with Crippen LogP contribution in [0.3, 0.4) is 0 Å². The van der Waals surface area contributed by atoms with Crippen molar-refractivity contribution in [3.63, 3.8) is 0 Å². The van der Waals surface area contributed by atoms with Crippen LogP contribution in [0.1, 0.15) is 47.0 Å². The van der Waals surface area contributed by atoms with Crippen molar-refractivity contribution in [1.82, 2.24) is 10.6 Å². The van der Waals surface area contributed by atoms with Crippen LogP contribution in [0, 0.1) is 0 Å². The number of hydrogen-bond donors (Lipinski definition) is 2. The van der Waals surface area contributed by atoms with Crippen LogP contribution < -0.4 is 5.59 Å². The first-order valence-corrected chi connectivity index (χ1v) is 4.60. The normalized spacial score (nSPS) is 28.8. The molecule has 0 unspecified atom stereocenters. The second kappa shape index (κ2) is 2.98. The van der Waals surface area contributed by atoms with E-state index in [2.05, 4.69) is 33.3 Å². The van der Waals surface area contributed by atoms with Gasteiger partial charge in [-0.05, 0) is 47.0 Å². The molecule has 3 heteroatoms. The summed E-state index contributed by atoms with van der Waals surface area (Å²) in [5.74, 6) is 0. The first-order valence-electron chi connectivity index (χ1n) is 4.60. The molecule has 1 heterocycles. The summed E-state index contributed by atoms with van der Waals surface area (Å²) in [5.41, 5.74) is 2.42. The summed E-state index contributed by atoms with van der Waals surface area (Å²) in [7, 11) is 0. The SMILES string of the molecule is CC1(C)CCCC(C)(C)N1NO. The minimum atomic E-state index is 0.0521. The highest BCUT2D eigenvalue weighted by molar-refractivity contribution is 4.93. The third-order valence-electron chi connectivity index (χ3n) is 2.89. The average molecular weight is 172 g/mol. The van der Waals surface area contributed by atoms with Crippen molar-refractivity contribution in [2.24, 2.45) is 0 Å². The molecule has 0 saturated carbocycles. The van der Waals surface area contributed by atoms with E-state index in [1.165, 1.54) is 6.42 Å². The molecule has 0 atom stereocenters. The van der Waals surface area contributed by atoms with E-state index >= 15 is 0 Å². The number of hydrazine groups is 1. The molecule has 1 saturated heterocycles. The fraction of sp³-hybridized carbons (Fsp3) is 1.00. The van der Waals surface area contributed by atoms with Crippen LogP contribution >= 0.6 is 0 Å². The van der Waals surface area contributed by atoms with Gasteiger partial charge in [-0.15, -0.1) is 5.59 Å². The Morgan fingerprint density at radius 2 is 1.50 bits per heavy atom. The molecule has 3 nitrogen and oxygen atoms in total. The minimum Gasteiger partial charge on any atom is -0.302 e. The van der Waals surface area contributed by atoms with Crippen molar-refractivity contribution >= 4 is 0 Å². The van der Waals surface area contributed by atoms with E-state index in [1.807, 2.05) is 5.01 Å². The molecule has 1 aliphatic heterocycles. The van der Waals surface area contributed by atoms with E-state index in [4.69, 9.17) is 5.21 Å². The monoisotopic (exact) mass is 172 g/mol. The molecule has 0 aromatic heterocycles. The predicted molar refractivity (Wildman–Crippen MR) is 48.8 cm³/mol. The highest BCUT2D eigenvalue weighted by Crippen LogP contribution is 2.35. The molecule has 1 rings (SSSR count). The van der Waals surface area contributed by atoms with E-state index in [-0.39, 0.29) is 11.1 Å². The third-order valence-corrected chi connectivity index (χ3v) is 2.89. The number of hydrogen-bond acceptors (Lipinski definition) is 3. The van der Waals surface area contributed by atoms with Crippen molar-refractivity contribution < 1.29 is 5.21 Å². The molecule has 0 amide bonds. The van der Waals surface area contributed by atoms with Crippen LogP contribution in [0.4, 0.5) is 0 Å². The Hall–Kier alpha value is -0.120. The lowest BCUT2D eigenvalue weighted by Gasteiger charge is -2.51. The minimum absolute atomic E-state index is 0.0521. The molecule has 0 aliphatic carbocycles. The van der Waals surface area contributed by atoms with Crippen molar-refractivity contribution in [2.75, 3.05) is 0 Å². The zero-order valence-electron chi connectivity index (χ0n) is 8.52. The van der Waals surface area contributed by atoms with Gasteiger partial charge in [0.1, 0.15) is 0 Å². The van der Waals surface area contributed by atoms with Gasteiger partial charge in [-0.25, -0.2) is 5.01 Å². The molecular weight excluding hydrogens is 152 g/mol. The van der Waals surface area contributed by atoms with Gasteiger partial charge in [0.15, 0.2) is 0 Å². The van der Waals surface area contributed by atoms with Crippen LogP contribution in [0.5, 0.6) is 0 Å². The highest BCUT2D eigenvalue weighted by atomic mass is 16.5. The first kappa shape index (κ1) is 9.96. The maximum Gasteiger partial charge on any atom is 0.0325 e. The summed E-state index contributed by atoms with van der Waals surface area (Å²) < 4.78 is 0. The van der Waals surface area contributed by atoms with Crippen LogP contribution in [0.25, 0.3) is 0 Å². The number of piperidine rings is 1. The topological polar surface area (TPSA) is 35.5 Å². The Kier molecular flexibility index (Phi) is 2.47. The van der Waals surface area contributed by atoms with Crippen molar-refractivity contribution in [1.29, 1.82) is 0 Å². The molecule has 72 valence electrons. The first-order chi connectivity index (χ1) is 5.40. The molecule has 1 fully saturated rings. The van der Waals surface area contributed by atoms with Crippen molar-refractivity contribution in [2.45, 2.75) is 58.0 Å². The smallest absolute Gasteiger partial charge is 0.0325 e. The van der Waals surface area contributed by atoms with E-state index in [0.717, 1.165) is 12.8 Å². The third kappa shape index (κ3) is 1.63. The maximum absolute atomic E-state index is 9.04. The Labute approximate surface area is 74.7 Å². The maximum atomic E-state index is 9.04. The van der Waals surface area contributed by atoms with Gasteiger partial charge in [0.2, 0.25) is 0 Å². The molecule has 12 heavy (non-hydrogen) atoms. The molecule has 0 aromatic rings. The van der Waals surface area contributed by atoms with Crippen LogP contribution in [-0.4, -0.2) is 21.3 Å². The summed E-state index contributed by atoms with van der Waals surface area (Å²) in [4.78, 5) is 0. The fourth-order valence-electron chi connectivity index (χ4n) is 2.27. The predicted octanol–water partition coefficient (Wildman–Crippen LogP) is 1.92. The van der Waals surface area contributed by atoms with Gasteiger partial charge < -0.3 is 5.21 Å². The van der Waals surface area contributed by atoms with Crippen molar-refractivity contribution in [3.05, 3.63) is 0 Å². The van der Waals surface area contributed by atoms with Gasteiger partial charge >= 0.3 is 0 Å². The van der Waals surface area contributed by atoms with Crippen LogP contribution in [0.2, 0.25) is 0 Å². The lowest BCUT2D eigenvalue weighted by atomic mass is 9.82. The molecule has 1 aliphatic rings. The van der Waals surface area contributed by atoms with Crippen molar-refractivity contribution in [3.8, 4) is 0 Å². The summed E-state index contributed by atoms with van der Waals surface area (Å²) in [5, 5.41) is 11.0. The summed E-state index contributed by atoms with van der Waals surface area (Å²) in [6, 6.07) is 0. The molecule has 2 N–H and O–H groups in total. The lowest BCUT2D eigenvalue weighted by molar-refractivity contribution is -0.158. The van der Waals surface area contributed by atoms with E-state index in [1.54, 1.807) is 0 Å². The van der Waals surface area contributed by atoms with E-state index in [0.29, 0.717) is 0 Å². The standard InChI is InChI=1S/C9H20N2O/c1-8(2)6-5-7-9(3,4)11(8)10-12/h10,12H,5-7H2,1-4H3. The van der Waals surface area contributed by atoms with Crippen LogP contribution in [0.15, 0.2) is 0 Å². The van der Waals surface area contributed by atoms with Gasteiger partial charge in [-0.1, -0.05) is 0 Å². The number of nitrogens with zero attached hydrogens (tertiary/aromatic N) is 1. The van der Waals surface area contributed by atoms with E-state index < -0.39 is 0 Å². The second-order valence-electron chi connectivity index (χ2n) is 4.91. The van der Waals surface area contributed by atoms with Gasteiger partial charge in [0, 0.05) is 11.1 Å². The highest BCUT2D eigenvalue weighted by Gasteiger charge is 2.41. The summed E-state index contributed by atoms with van der Waals surface area (Å²) in [6.45, 7) is 8.60. The summed E-state index contributed by atoms with van der Waals surface area (Å²) in [6.07, 6.45) is 3.49. The molecule has 0 spiro atoms. The van der Waals surface area contributed by atoms with Gasteiger partial charge in [-0.3, -0.25) is 0 Å². The summed E-state index contributed by atoms with van der Waals surface area (Å²) >= 11 is 0. The quantitative estimate of drug-likeness (QED) is 0.593. The molecule has 0 radical (unpaired) electrons. The number of rotatable bonds is 1. The fourth-order valence-corrected chi connectivity index (χ4v) is 2.27. The molecule has 0 bridgehead atoms.